The second-order valence-corrected chi connectivity index (χ2v) is 7.54. The summed E-state index contributed by atoms with van der Waals surface area (Å²) in [6, 6.07) is 5.36. The van der Waals surface area contributed by atoms with Gasteiger partial charge in [0.05, 0.1) is 16.8 Å². The van der Waals surface area contributed by atoms with Crippen molar-refractivity contribution in [1.82, 2.24) is 9.55 Å². The molecule has 1 unspecified atom stereocenters. The van der Waals surface area contributed by atoms with E-state index in [9.17, 15) is 9.00 Å². The zero-order valence-corrected chi connectivity index (χ0v) is 13.8. The Hall–Kier alpha value is -1.05. The molecule has 114 valence electrons. The van der Waals surface area contributed by atoms with E-state index in [0.717, 1.165) is 22.8 Å². The fourth-order valence-corrected chi connectivity index (χ4v) is 3.47. The Morgan fingerprint density at radius 1 is 1.52 bits per heavy atom. The molecule has 2 aromatic rings. The molecule has 1 atom stereocenters. The quantitative estimate of drug-likeness (QED) is 0.780. The van der Waals surface area contributed by atoms with Gasteiger partial charge >= 0.3 is 5.97 Å². The van der Waals surface area contributed by atoms with Crippen LogP contribution in [0.1, 0.15) is 6.92 Å². The third-order valence-corrected chi connectivity index (χ3v) is 5.34. The summed E-state index contributed by atoms with van der Waals surface area (Å²) in [5.74, 6) is 0.170. The lowest BCUT2D eigenvalue weighted by Gasteiger charge is -2.07. The SMILES string of the molecule is CCS(=O)CCn1c(SCC(=O)O)nc2cc(Cl)ccc21. The maximum absolute atomic E-state index is 11.6. The van der Waals surface area contributed by atoms with E-state index in [1.165, 1.54) is 0 Å². The highest BCUT2D eigenvalue weighted by Crippen LogP contribution is 2.26. The minimum Gasteiger partial charge on any atom is -0.481 e. The van der Waals surface area contributed by atoms with Gasteiger partial charge in [-0.15, -0.1) is 0 Å². The molecule has 0 bridgehead atoms. The van der Waals surface area contributed by atoms with Crippen molar-refractivity contribution in [1.29, 1.82) is 0 Å². The number of thioether (sulfide) groups is 1. The van der Waals surface area contributed by atoms with Crippen LogP contribution in [-0.4, -0.2) is 42.1 Å². The number of nitrogens with zero attached hydrogens (tertiary/aromatic N) is 2. The Balaban J connectivity index is 2.34. The highest BCUT2D eigenvalue weighted by molar-refractivity contribution is 7.99. The lowest BCUT2D eigenvalue weighted by Crippen LogP contribution is -2.10. The Bertz CT molecular complexity index is 687. The van der Waals surface area contributed by atoms with Crippen LogP contribution in [0.4, 0.5) is 0 Å². The van der Waals surface area contributed by atoms with Crippen LogP contribution in [0.5, 0.6) is 0 Å². The molecule has 0 amide bonds. The van der Waals surface area contributed by atoms with Crippen molar-refractivity contribution in [3.8, 4) is 0 Å². The fourth-order valence-electron chi connectivity index (χ4n) is 1.87. The van der Waals surface area contributed by atoms with E-state index in [0.29, 0.717) is 28.2 Å². The van der Waals surface area contributed by atoms with E-state index in [2.05, 4.69) is 4.98 Å². The van der Waals surface area contributed by atoms with E-state index in [1.54, 1.807) is 12.1 Å². The first kappa shape index (κ1) is 16.3. The molecule has 2 rings (SSSR count). The number of carboxylic acids is 1. The molecule has 0 radical (unpaired) electrons. The van der Waals surface area contributed by atoms with Gasteiger partial charge in [0.25, 0.3) is 0 Å². The topological polar surface area (TPSA) is 72.2 Å². The van der Waals surface area contributed by atoms with Crippen molar-refractivity contribution < 1.29 is 14.1 Å². The number of carboxylic acid groups (broad SMARTS) is 1. The van der Waals surface area contributed by atoms with Gasteiger partial charge in [0.1, 0.15) is 0 Å². The molecule has 5 nitrogen and oxygen atoms in total. The summed E-state index contributed by atoms with van der Waals surface area (Å²) in [6.45, 7) is 2.42. The molecule has 1 heterocycles. The van der Waals surface area contributed by atoms with Crippen LogP contribution in [0.2, 0.25) is 5.02 Å². The van der Waals surface area contributed by atoms with E-state index in [1.807, 2.05) is 17.6 Å². The number of imidazole rings is 1. The maximum Gasteiger partial charge on any atom is 0.313 e. The molecule has 0 saturated carbocycles. The molecule has 8 heteroatoms. The standard InChI is InChI=1S/C13H15ClN2O3S2/c1-2-21(19)6-5-16-11-4-3-9(14)7-10(11)15-13(16)20-8-12(17)18/h3-4,7H,2,5-6,8H2,1H3,(H,17,18). The summed E-state index contributed by atoms with van der Waals surface area (Å²) in [4.78, 5) is 15.2. The smallest absolute Gasteiger partial charge is 0.313 e. The first-order chi connectivity index (χ1) is 10.0. The van der Waals surface area contributed by atoms with Gasteiger partial charge in [0, 0.05) is 33.9 Å². The van der Waals surface area contributed by atoms with E-state index >= 15 is 0 Å². The van der Waals surface area contributed by atoms with Crippen LogP contribution in [0.15, 0.2) is 23.4 Å². The molecule has 0 spiro atoms. The van der Waals surface area contributed by atoms with Crippen LogP contribution in [-0.2, 0) is 22.1 Å². The van der Waals surface area contributed by atoms with Crippen LogP contribution in [0.3, 0.4) is 0 Å². The first-order valence-corrected chi connectivity index (χ1v) is 9.21. The molecule has 1 N–H and O–H groups in total. The van der Waals surface area contributed by atoms with Crippen molar-refractivity contribution in [3.63, 3.8) is 0 Å². The third-order valence-electron chi connectivity index (χ3n) is 2.86. The molecule has 0 aliphatic carbocycles. The van der Waals surface area contributed by atoms with Gasteiger partial charge in [0.15, 0.2) is 5.16 Å². The highest BCUT2D eigenvalue weighted by atomic mass is 35.5. The predicted molar refractivity (Wildman–Crippen MR) is 86.7 cm³/mol. The molecule has 0 aliphatic heterocycles. The summed E-state index contributed by atoms with van der Waals surface area (Å²) < 4.78 is 13.5. The van der Waals surface area contributed by atoms with Crippen LogP contribution in [0, 0.1) is 0 Å². The Morgan fingerprint density at radius 3 is 2.95 bits per heavy atom. The lowest BCUT2D eigenvalue weighted by atomic mass is 10.3. The molecule has 0 saturated heterocycles. The largest absolute Gasteiger partial charge is 0.481 e. The number of aliphatic carboxylic acids is 1. The molecular formula is C13H15ClN2O3S2. The third kappa shape index (κ3) is 4.21. The van der Waals surface area contributed by atoms with E-state index in [4.69, 9.17) is 16.7 Å². The zero-order chi connectivity index (χ0) is 15.4. The summed E-state index contributed by atoms with van der Waals surface area (Å²) in [6.07, 6.45) is 0. The van der Waals surface area contributed by atoms with Crippen molar-refractivity contribution in [2.45, 2.75) is 18.6 Å². The van der Waals surface area contributed by atoms with Gasteiger partial charge in [-0.3, -0.25) is 9.00 Å². The number of rotatable bonds is 7. The number of carbonyl (C=O) groups is 1. The van der Waals surface area contributed by atoms with Crippen LogP contribution in [0.25, 0.3) is 11.0 Å². The minimum atomic E-state index is -0.895. The monoisotopic (exact) mass is 346 g/mol. The maximum atomic E-state index is 11.6. The van der Waals surface area contributed by atoms with E-state index < -0.39 is 16.8 Å². The zero-order valence-electron chi connectivity index (χ0n) is 11.4. The average molecular weight is 347 g/mol. The number of hydrogen-bond acceptors (Lipinski definition) is 4. The Labute approximate surface area is 134 Å². The molecule has 1 aromatic heterocycles. The van der Waals surface area contributed by atoms with Gasteiger partial charge in [0.2, 0.25) is 0 Å². The molecule has 1 aromatic carbocycles. The fraction of sp³-hybridized carbons (Fsp3) is 0.385. The molecule has 0 fully saturated rings. The summed E-state index contributed by atoms with van der Waals surface area (Å²) >= 11 is 7.12. The second-order valence-electron chi connectivity index (χ2n) is 4.29. The average Bonchev–Trinajstić information content (AvgIpc) is 2.79. The van der Waals surface area contributed by atoms with Gasteiger partial charge in [-0.25, -0.2) is 4.98 Å². The predicted octanol–water partition coefficient (Wildman–Crippen LogP) is 2.64. The van der Waals surface area contributed by atoms with Crippen molar-refractivity contribution in [3.05, 3.63) is 23.2 Å². The van der Waals surface area contributed by atoms with Gasteiger partial charge in [-0.2, -0.15) is 0 Å². The highest BCUT2D eigenvalue weighted by Gasteiger charge is 2.13. The summed E-state index contributed by atoms with van der Waals surface area (Å²) in [7, 11) is -0.880. The van der Waals surface area contributed by atoms with Crippen molar-refractivity contribution >= 4 is 51.2 Å². The molecule has 0 aliphatic rings. The number of aromatic nitrogens is 2. The lowest BCUT2D eigenvalue weighted by molar-refractivity contribution is -0.133. The Kier molecular flexibility index (Phi) is 5.66. The van der Waals surface area contributed by atoms with Crippen LogP contribution < -0.4 is 0 Å². The summed E-state index contributed by atoms with van der Waals surface area (Å²) in [5, 5.41) is 10.0. The van der Waals surface area contributed by atoms with Crippen molar-refractivity contribution in [2.75, 3.05) is 17.3 Å². The van der Waals surface area contributed by atoms with Crippen molar-refractivity contribution in [2.24, 2.45) is 0 Å². The number of fused-ring (bicyclic) bond motifs is 1. The van der Waals surface area contributed by atoms with E-state index in [-0.39, 0.29) is 5.75 Å². The number of hydrogen-bond donors (Lipinski definition) is 1. The minimum absolute atomic E-state index is 0.0616. The number of benzene rings is 1. The number of aryl methyl sites for hydroxylation is 1. The molecular weight excluding hydrogens is 332 g/mol. The summed E-state index contributed by atoms with van der Waals surface area (Å²) in [5.41, 5.74) is 1.60. The van der Waals surface area contributed by atoms with Gasteiger partial charge in [-0.1, -0.05) is 30.3 Å². The first-order valence-electron chi connectivity index (χ1n) is 6.36. The number of halogens is 1. The molecule has 21 heavy (non-hydrogen) atoms. The van der Waals surface area contributed by atoms with Gasteiger partial charge in [-0.05, 0) is 18.2 Å². The Morgan fingerprint density at radius 2 is 2.29 bits per heavy atom. The van der Waals surface area contributed by atoms with Gasteiger partial charge < -0.3 is 9.67 Å². The van der Waals surface area contributed by atoms with Crippen LogP contribution >= 0.6 is 23.4 Å². The second kappa shape index (κ2) is 7.29. The normalized spacial score (nSPS) is 12.7.